The van der Waals surface area contributed by atoms with Crippen LogP contribution in [-0.2, 0) is 0 Å². The molecule has 1 fully saturated rings. The van der Waals surface area contributed by atoms with Gasteiger partial charge in [0.15, 0.2) is 5.78 Å². The topological polar surface area (TPSA) is 68.3 Å². The summed E-state index contributed by atoms with van der Waals surface area (Å²) in [5, 5.41) is 4.34. The number of hydrogen-bond acceptors (Lipinski definition) is 5. The van der Waals surface area contributed by atoms with Crippen molar-refractivity contribution in [3.63, 3.8) is 0 Å². The van der Waals surface area contributed by atoms with E-state index in [1.807, 2.05) is 24.3 Å². The summed E-state index contributed by atoms with van der Waals surface area (Å²) < 4.78 is 18.7. The number of carbonyl (C=O) groups is 2. The highest BCUT2D eigenvalue weighted by Crippen LogP contribution is 2.28. The van der Waals surface area contributed by atoms with Crippen molar-refractivity contribution >= 4 is 34.4 Å². The number of thioether (sulfide) groups is 1. The van der Waals surface area contributed by atoms with Gasteiger partial charge in [-0.1, -0.05) is 30.0 Å². The van der Waals surface area contributed by atoms with Gasteiger partial charge >= 0.3 is 0 Å². The van der Waals surface area contributed by atoms with Gasteiger partial charge < -0.3 is 10.1 Å². The maximum atomic E-state index is 13.6. The summed E-state index contributed by atoms with van der Waals surface area (Å²) in [6.45, 7) is 0. The fourth-order valence-electron chi connectivity index (χ4n) is 3.02. The van der Waals surface area contributed by atoms with Crippen molar-refractivity contribution < 1.29 is 18.7 Å². The number of ketones is 1. The van der Waals surface area contributed by atoms with Gasteiger partial charge in [-0.25, -0.2) is 9.37 Å². The molecule has 4 rings (SSSR count). The fourth-order valence-corrected chi connectivity index (χ4v) is 3.82. The van der Waals surface area contributed by atoms with Crippen molar-refractivity contribution in [1.29, 1.82) is 0 Å². The van der Waals surface area contributed by atoms with Crippen LogP contribution < -0.4 is 10.1 Å². The zero-order valence-electron chi connectivity index (χ0n) is 15.8. The number of para-hydroxylation sites is 1. The molecule has 7 heteroatoms. The molecule has 148 valence electrons. The van der Waals surface area contributed by atoms with Gasteiger partial charge in [0.05, 0.1) is 34.5 Å². The summed E-state index contributed by atoms with van der Waals surface area (Å²) in [5.41, 5.74) is 1.42. The Morgan fingerprint density at radius 1 is 1.17 bits per heavy atom. The van der Waals surface area contributed by atoms with Gasteiger partial charge in [0, 0.05) is 11.4 Å². The van der Waals surface area contributed by atoms with E-state index in [1.54, 1.807) is 6.07 Å². The quantitative estimate of drug-likeness (QED) is 0.466. The number of halogens is 1. The van der Waals surface area contributed by atoms with Gasteiger partial charge in [0.25, 0.3) is 5.91 Å². The van der Waals surface area contributed by atoms with Crippen LogP contribution in [0.1, 0.15) is 33.6 Å². The van der Waals surface area contributed by atoms with Crippen molar-refractivity contribution in [1.82, 2.24) is 10.3 Å². The summed E-state index contributed by atoms with van der Waals surface area (Å²) in [7, 11) is 1.44. The van der Waals surface area contributed by atoms with Crippen LogP contribution in [0, 0.1) is 5.82 Å². The van der Waals surface area contributed by atoms with Crippen molar-refractivity contribution in [2.45, 2.75) is 23.9 Å². The number of rotatable bonds is 7. The number of ether oxygens (including phenoxy) is 1. The predicted octanol–water partition coefficient (Wildman–Crippen LogP) is 4.25. The molecule has 0 spiro atoms. The molecule has 1 N–H and O–H groups in total. The van der Waals surface area contributed by atoms with Gasteiger partial charge in [-0.2, -0.15) is 0 Å². The van der Waals surface area contributed by atoms with Crippen LogP contribution in [0.4, 0.5) is 4.39 Å². The Balaban J connectivity index is 1.58. The highest BCUT2D eigenvalue weighted by atomic mass is 32.2. The Kier molecular flexibility index (Phi) is 5.49. The van der Waals surface area contributed by atoms with Gasteiger partial charge in [0.2, 0.25) is 0 Å². The summed E-state index contributed by atoms with van der Waals surface area (Å²) >= 11 is 1.21. The number of benzene rings is 2. The van der Waals surface area contributed by atoms with Crippen LogP contribution in [0.2, 0.25) is 0 Å². The first-order valence-electron chi connectivity index (χ1n) is 9.25. The third-order valence-corrected chi connectivity index (χ3v) is 5.57. The molecule has 0 atom stereocenters. The molecule has 29 heavy (non-hydrogen) atoms. The number of nitrogens with one attached hydrogen (secondary N) is 1. The van der Waals surface area contributed by atoms with Crippen molar-refractivity contribution in [2.75, 3.05) is 12.9 Å². The molecule has 0 saturated heterocycles. The average Bonchev–Trinajstić information content (AvgIpc) is 3.55. The smallest absolute Gasteiger partial charge is 0.252 e. The van der Waals surface area contributed by atoms with E-state index in [-0.39, 0.29) is 29.0 Å². The molecule has 1 heterocycles. The number of Topliss-reactive ketones (excluding diaryl/α,β-unsaturated/α-hetero) is 1. The molecule has 0 unspecified atom stereocenters. The molecule has 3 aromatic rings. The summed E-state index contributed by atoms with van der Waals surface area (Å²) in [4.78, 5) is 29.8. The van der Waals surface area contributed by atoms with Crippen molar-refractivity contribution in [2.24, 2.45) is 0 Å². The largest absolute Gasteiger partial charge is 0.496 e. The maximum Gasteiger partial charge on any atom is 0.252 e. The second-order valence-corrected chi connectivity index (χ2v) is 7.83. The zero-order valence-corrected chi connectivity index (χ0v) is 16.6. The molecule has 1 amide bonds. The van der Waals surface area contributed by atoms with Gasteiger partial charge in [0.1, 0.15) is 11.6 Å². The molecule has 0 radical (unpaired) electrons. The number of aromatic nitrogens is 1. The molecule has 1 aliphatic carbocycles. The number of carbonyl (C=O) groups excluding carboxylic acids is 2. The van der Waals surface area contributed by atoms with Crippen LogP contribution in [-0.4, -0.2) is 35.6 Å². The molecule has 1 aromatic heterocycles. The molecule has 1 saturated carbocycles. The van der Waals surface area contributed by atoms with E-state index in [1.165, 1.54) is 37.1 Å². The molecule has 5 nitrogen and oxygen atoms in total. The van der Waals surface area contributed by atoms with E-state index in [0.29, 0.717) is 21.9 Å². The molecular formula is C22H19FN2O3S. The normalized spacial score (nSPS) is 13.3. The Labute approximate surface area is 171 Å². The van der Waals surface area contributed by atoms with Crippen LogP contribution in [0.3, 0.4) is 0 Å². The Bertz CT molecular complexity index is 1100. The minimum Gasteiger partial charge on any atom is -0.496 e. The monoisotopic (exact) mass is 410 g/mol. The Morgan fingerprint density at radius 3 is 2.72 bits per heavy atom. The highest BCUT2D eigenvalue weighted by molar-refractivity contribution is 7.99. The average molecular weight is 410 g/mol. The Morgan fingerprint density at radius 2 is 1.97 bits per heavy atom. The maximum absolute atomic E-state index is 13.6. The van der Waals surface area contributed by atoms with E-state index >= 15 is 0 Å². The lowest BCUT2D eigenvalue weighted by atomic mass is 10.1. The summed E-state index contributed by atoms with van der Waals surface area (Å²) in [6, 6.07) is 13.2. The molecule has 2 aromatic carbocycles. The second-order valence-electron chi connectivity index (χ2n) is 6.83. The fraction of sp³-hybridized carbons (Fsp3) is 0.227. The standard InChI is InChI=1S/C22H19FN2O3S/c1-28-20-9-6-13(23)10-17(20)19(26)12-29-21-11-16(22(27)24-14-7-8-14)15-4-2-3-5-18(15)25-21/h2-6,9-11,14H,7-8,12H2,1H3,(H,24,27). The van der Waals surface area contributed by atoms with Crippen molar-refractivity contribution in [3.05, 3.63) is 65.5 Å². The first-order valence-corrected chi connectivity index (χ1v) is 10.2. The van der Waals surface area contributed by atoms with Gasteiger partial charge in [-0.15, -0.1) is 0 Å². The zero-order chi connectivity index (χ0) is 20.4. The van der Waals surface area contributed by atoms with Crippen LogP contribution in [0.5, 0.6) is 5.75 Å². The second kappa shape index (κ2) is 8.21. The minimum atomic E-state index is -0.498. The Hall–Kier alpha value is -2.93. The van der Waals surface area contributed by atoms with Crippen LogP contribution in [0.15, 0.2) is 53.6 Å². The number of methoxy groups -OCH3 is 1. The van der Waals surface area contributed by atoms with Gasteiger partial charge in [-0.05, 0) is 43.2 Å². The number of fused-ring (bicyclic) bond motifs is 1. The van der Waals surface area contributed by atoms with Crippen molar-refractivity contribution in [3.8, 4) is 5.75 Å². The van der Waals surface area contributed by atoms with E-state index < -0.39 is 5.82 Å². The lowest BCUT2D eigenvalue weighted by Crippen LogP contribution is -2.25. The lowest BCUT2D eigenvalue weighted by molar-refractivity contribution is 0.0951. The molecule has 1 aliphatic rings. The van der Waals surface area contributed by atoms with Gasteiger partial charge in [-0.3, -0.25) is 9.59 Å². The predicted molar refractivity (Wildman–Crippen MR) is 110 cm³/mol. The molecule has 0 bridgehead atoms. The first kappa shape index (κ1) is 19.4. The van der Waals surface area contributed by atoms with E-state index in [9.17, 15) is 14.0 Å². The van der Waals surface area contributed by atoms with Crippen LogP contribution in [0.25, 0.3) is 10.9 Å². The first-order chi connectivity index (χ1) is 14.0. The SMILES string of the molecule is COc1ccc(F)cc1C(=O)CSc1cc(C(=O)NC2CC2)c2ccccc2n1. The molecule has 0 aliphatic heterocycles. The van der Waals surface area contributed by atoms with E-state index in [0.717, 1.165) is 18.2 Å². The third-order valence-electron chi connectivity index (χ3n) is 4.66. The number of nitrogens with zero attached hydrogens (tertiary/aromatic N) is 1. The number of hydrogen-bond donors (Lipinski definition) is 1. The van der Waals surface area contributed by atoms with E-state index in [2.05, 4.69) is 10.3 Å². The minimum absolute atomic E-state index is 0.0504. The third kappa shape index (κ3) is 4.40. The molecular weight excluding hydrogens is 391 g/mol. The van der Waals surface area contributed by atoms with Crippen LogP contribution >= 0.6 is 11.8 Å². The summed E-state index contributed by atoms with van der Waals surface area (Å²) in [6.07, 6.45) is 2.00. The lowest BCUT2D eigenvalue weighted by Gasteiger charge is -2.10. The summed E-state index contributed by atoms with van der Waals surface area (Å²) in [5.74, 6) is -0.527. The number of amides is 1. The van der Waals surface area contributed by atoms with E-state index in [4.69, 9.17) is 4.74 Å². The number of pyridine rings is 1. The highest BCUT2D eigenvalue weighted by Gasteiger charge is 2.25.